The van der Waals surface area contributed by atoms with Crippen molar-refractivity contribution >= 4 is 28.7 Å². The van der Waals surface area contributed by atoms with Crippen LogP contribution in [0.15, 0.2) is 48.5 Å². The van der Waals surface area contributed by atoms with E-state index in [0.29, 0.717) is 56.8 Å². The van der Waals surface area contributed by atoms with E-state index in [2.05, 4.69) is 14.9 Å². The number of likely N-dealkylation sites (tertiary alicyclic amines) is 1. The van der Waals surface area contributed by atoms with Crippen molar-refractivity contribution < 1.29 is 32.5 Å². The Morgan fingerprint density at radius 3 is 2.57 bits per heavy atom. The maximum atomic E-state index is 15.1. The van der Waals surface area contributed by atoms with Gasteiger partial charge in [0.2, 0.25) is 5.88 Å². The first-order valence-electron chi connectivity index (χ1n) is 13.6. The van der Waals surface area contributed by atoms with Crippen LogP contribution in [-0.4, -0.2) is 67.4 Å². The fraction of sp³-hybridized carbons (Fsp3) is 0.379. The number of rotatable bonds is 9. The number of ether oxygens (including phenoxy) is 2. The van der Waals surface area contributed by atoms with Gasteiger partial charge in [-0.25, -0.2) is 24.1 Å². The van der Waals surface area contributed by atoms with Gasteiger partial charge < -0.3 is 19.1 Å². The van der Waals surface area contributed by atoms with Crippen molar-refractivity contribution in [2.45, 2.75) is 50.5 Å². The van der Waals surface area contributed by atoms with Gasteiger partial charge in [-0.05, 0) is 55.7 Å². The highest BCUT2D eigenvalue weighted by Gasteiger charge is 2.39. The molecule has 4 aromatic rings. The maximum Gasteiger partial charge on any atom is 0.354 e. The Morgan fingerprint density at radius 1 is 1.10 bits per heavy atom. The van der Waals surface area contributed by atoms with E-state index in [0.717, 1.165) is 30.4 Å². The van der Waals surface area contributed by atoms with Crippen LogP contribution in [0.4, 0.5) is 13.2 Å². The number of imidazole rings is 1. The number of aromatic carboxylic acids is 1. The summed E-state index contributed by atoms with van der Waals surface area (Å²) in [5, 5.41) is 9.43. The number of hydrogen-bond acceptors (Lipinski definition) is 7. The van der Waals surface area contributed by atoms with E-state index in [-0.39, 0.29) is 28.8 Å². The van der Waals surface area contributed by atoms with E-state index in [1.807, 2.05) is 4.57 Å². The number of pyridine rings is 2. The third-order valence-electron chi connectivity index (χ3n) is 7.57. The fourth-order valence-corrected chi connectivity index (χ4v) is 5.36. The normalized spacial score (nSPS) is 18.2. The summed E-state index contributed by atoms with van der Waals surface area (Å²) >= 11 is 5.72. The zero-order valence-electron chi connectivity index (χ0n) is 22.4. The number of fused-ring (bicyclic) bond motifs is 1. The van der Waals surface area contributed by atoms with Crippen molar-refractivity contribution in [3.8, 4) is 5.88 Å². The van der Waals surface area contributed by atoms with Gasteiger partial charge in [-0.1, -0.05) is 17.7 Å². The fourth-order valence-electron chi connectivity index (χ4n) is 5.21. The van der Waals surface area contributed by atoms with Gasteiger partial charge in [0.25, 0.3) is 0 Å². The predicted molar refractivity (Wildman–Crippen MR) is 146 cm³/mol. The number of carboxylic acids is 1. The number of benzene rings is 1. The van der Waals surface area contributed by atoms with Gasteiger partial charge in [-0.3, -0.25) is 4.90 Å². The van der Waals surface area contributed by atoms with Crippen molar-refractivity contribution in [3.05, 3.63) is 82.1 Å². The Morgan fingerprint density at radius 2 is 1.88 bits per heavy atom. The lowest BCUT2D eigenvalue weighted by atomic mass is 10.0. The second kappa shape index (κ2) is 11.5. The molecule has 0 bridgehead atoms. The highest BCUT2D eigenvalue weighted by atomic mass is 35.5. The van der Waals surface area contributed by atoms with Crippen molar-refractivity contribution in [3.63, 3.8) is 0 Å². The lowest BCUT2D eigenvalue weighted by Crippen LogP contribution is -2.39. The van der Waals surface area contributed by atoms with Crippen LogP contribution in [0.3, 0.4) is 0 Å². The Bertz CT molecular complexity index is 1620. The molecule has 6 rings (SSSR count). The smallest absolute Gasteiger partial charge is 0.354 e. The molecule has 0 aliphatic carbocycles. The number of halogens is 4. The summed E-state index contributed by atoms with van der Waals surface area (Å²) in [7, 11) is 0. The van der Waals surface area contributed by atoms with Crippen LogP contribution in [-0.2, 0) is 23.7 Å². The molecule has 5 heterocycles. The molecule has 2 aliphatic rings. The largest absolute Gasteiger partial charge is 0.477 e. The molecule has 1 atom stereocenters. The van der Waals surface area contributed by atoms with Gasteiger partial charge >= 0.3 is 11.9 Å². The van der Waals surface area contributed by atoms with Gasteiger partial charge in [0.1, 0.15) is 29.0 Å². The number of carbonyl (C=O) groups is 1. The lowest BCUT2D eigenvalue weighted by molar-refractivity contribution is -0.0593. The summed E-state index contributed by atoms with van der Waals surface area (Å²) in [6.07, 6.45) is 1.95. The molecular formula is C29H27ClF3N5O4. The quantitative estimate of drug-likeness (QED) is 0.276. The zero-order chi connectivity index (χ0) is 29.4. The first-order valence-corrected chi connectivity index (χ1v) is 14.0. The van der Waals surface area contributed by atoms with Gasteiger partial charge in [0, 0.05) is 30.8 Å². The van der Waals surface area contributed by atoms with E-state index >= 15 is 8.78 Å². The van der Waals surface area contributed by atoms with E-state index in [4.69, 9.17) is 26.1 Å². The van der Waals surface area contributed by atoms with Crippen molar-refractivity contribution in [1.29, 1.82) is 0 Å². The molecule has 9 nitrogen and oxygen atoms in total. The minimum Gasteiger partial charge on any atom is -0.477 e. The standard InChI is InChI=1S/C29H27ClF3N5O4/c30-17-4-5-20(21(31)14-17)29(32,33)24-2-1-3-26(36-24)42-18-8-11-37(12-9-18)16-25-34-22-6-7-23(28(39)40)35-27(22)38(25)15-19-10-13-41-19/h1-7,14,18-19H,8-13,15-16H2,(H,39,40)/t19-/m0/s1. The summed E-state index contributed by atoms with van der Waals surface area (Å²) < 4.78 is 58.0. The molecule has 13 heteroatoms. The molecular weight excluding hydrogens is 575 g/mol. The van der Waals surface area contributed by atoms with E-state index < -0.39 is 29.0 Å². The van der Waals surface area contributed by atoms with Crippen LogP contribution in [0.1, 0.15) is 46.8 Å². The Balaban J connectivity index is 1.12. The van der Waals surface area contributed by atoms with Gasteiger partial charge in [-0.15, -0.1) is 0 Å². The molecule has 220 valence electrons. The number of carboxylic acid groups (broad SMARTS) is 1. The van der Waals surface area contributed by atoms with Gasteiger partial charge in [0.05, 0.1) is 24.8 Å². The zero-order valence-corrected chi connectivity index (χ0v) is 23.1. The Hall–Kier alpha value is -3.74. The molecule has 0 radical (unpaired) electrons. The Labute approximate surface area is 243 Å². The van der Waals surface area contributed by atoms with Crippen LogP contribution in [0.5, 0.6) is 5.88 Å². The van der Waals surface area contributed by atoms with Crippen LogP contribution in [0, 0.1) is 5.82 Å². The topological polar surface area (TPSA) is 103 Å². The summed E-state index contributed by atoms with van der Waals surface area (Å²) in [6.45, 7) is 3.07. The lowest BCUT2D eigenvalue weighted by Gasteiger charge is -2.32. The summed E-state index contributed by atoms with van der Waals surface area (Å²) in [4.78, 5) is 26.8. The van der Waals surface area contributed by atoms with Crippen LogP contribution >= 0.6 is 11.6 Å². The van der Waals surface area contributed by atoms with Crippen LogP contribution in [0.2, 0.25) is 5.02 Å². The average molecular weight is 602 g/mol. The molecule has 0 unspecified atom stereocenters. The number of hydrogen-bond donors (Lipinski definition) is 1. The van der Waals surface area contributed by atoms with E-state index in [1.54, 1.807) is 6.07 Å². The van der Waals surface area contributed by atoms with Crippen LogP contribution in [0.25, 0.3) is 11.2 Å². The van der Waals surface area contributed by atoms with Gasteiger partial charge in [-0.2, -0.15) is 8.78 Å². The molecule has 3 aromatic heterocycles. The maximum absolute atomic E-state index is 15.1. The van der Waals surface area contributed by atoms with Crippen LogP contribution < -0.4 is 4.74 Å². The summed E-state index contributed by atoms with van der Waals surface area (Å²) in [6, 6.07) is 10.2. The van der Waals surface area contributed by atoms with Crippen molar-refractivity contribution in [2.75, 3.05) is 19.7 Å². The first kappa shape index (κ1) is 28.4. The predicted octanol–water partition coefficient (Wildman–Crippen LogP) is 5.29. The highest BCUT2D eigenvalue weighted by Crippen LogP contribution is 2.37. The molecule has 2 aliphatic heterocycles. The summed E-state index contributed by atoms with van der Waals surface area (Å²) in [5.41, 5.74) is -0.341. The van der Waals surface area contributed by atoms with E-state index in [1.165, 1.54) is 24.3 Å². The molecule has 1 aromatic carbocycles. The minimum atomic E-state index is -3.67. The van der Waals surface area contributed by atoms with Gasteiger partial charge in [0.15, 0.2) is 11.3 Å². The monoisotopic (exact) mass is 601 g/mol. The SMILES string of the molecule is O=C(O)c1ccc2nc(CN3CCC(Oc4cccc(C(F)(F)c5ccc(Cl)cc5F)n4)CC3)n(C[C@@H]3CCO3)c2n1. The number of alkyl halides is 2. The number of piperidine rings is 1. The molecule has 1 N–H and O–H groups in total. The first-order chi connectivity index (χ1) is 20.2. The number of nitrogens with zero attached hydrogens (tertiary/aromatic N) is 5. The van der Waals surface area contributed by atoms with Crippen molar-refractivity contribution in [1.82, 2.24) is 24.4 Å². The molecule has 0 amide bonds. The number of aromatic nitrogens is 4. The molecule has 2 saturated heterocycles. The molecule has 2 fully saturated rings. The third-order valence-corrected chi connectivity index (χ3v) is 7.81. The second-order valence-electron chi connectivity index (χ2n) is 10.4. The third kappa shape index (κ3) is 5.79. The summed E-state index contributed by atoms with van der Waals surface area (Å²) in [5.74, 6) is -5.08. The second-order valence-corrected chi connectivity index (χ2v) is 10.9. The highest BCUT2D eigenvalue weighted by molar-refractivity contribution is 6.30. The molecule has 42 heavy (non-hydrogen) atoms. The average Bonchev–Trinajstić information content (AvgIpc) is 3.27. The minimum absolute atomic E-state index is 0.0251. The Kier molecular flexibility index (Phi) is 7.77. The molecule has 0 spiro atoms. The molecule has 0 saturated carbocycles. The van der Waals surface area contributed by atoms with Crippen molar-refractivity contribution in [2.24, 2.45) is 0 Å². The van der Waals surface area contributed by atoms with E-state index in [9.17, 15) is 14.3 Å².